The monoisotopic (exact) mass is 563 g/mol. The molecule has 0 aliphatic carbocycles. The maximum absolute atomic E-state index is 13.9. The number of para-hydroxylation sites is 2. The summed E-state index contributed by atoms with van der Waals surface area (Å²) in [4.78, 5) is 28.7. The Bertz CT molecular complexity index is 1450. The lowest BCUT2D eigenvalue weighted by Gasteiger charge is -2.38. The molecule has 3 aromatic rings. The fourth-order valence-electron chi connectivity index (χ4n) is 5.08. The molecule has 10 heteroatoms. The van der Waals surface area contributed by atoms with Gasteiger partial charge in [0, 0.05) is 19.6 Å². The fourth-order valence-corrected chi connectivity index (χ4v) is 6.61. The van der Waals surface area contributed by atoms with Crippen LogP contribution >= 0.6 is 0 Å². The molecular weight excluding hydrogens is 530 g/mol. The van der Waals surface area contributed by atoms with E-state index in [1.165, 1.54) is 16.4 Å². The molecule has 0 aromatic heterocycles. The van der Waals surface area contributed by atoms with Crippen LogP contribution < -0.4 is 19.7 Å². The van der Waals surface area contributed by atoms with Crippen molar-refractivity contribution in [2.75, 3.05) is 31.1 Å². The minimum absolute atomic E-state index is 0.0403. The van der Waals surface area contributed by atoms with Gasteiger partial charge in [0.2, 0.25) is 15.9 Å². The molecular formula is C30H33N3O6S. The number of fused-ring (bicyclic) bond motifs is 1. The number of carbonyl (C=O) groups is 2. The highest BCUT2D eigenvalue weighted by Gasteiger charge is 2.39. The molecule has 2 atom stereocenters. The lowest BCUT2D eigenvalue weighted by Crippen LogP contribution is -2.53. The van der Waals surface area contributed by atoms with Crippen LogP contribution in [-0.4, -0.2) is 56.9 Å². The highest BCUT2D eigenvalue weighted by Crippen LogP contribution is 2.35. The number of anilines is 1. The third-order valence-electron chi connectivity index (χ3n) is 7.15. The van der Waals surface area contributed by atoms with E-state index in [9.17, 15) is 18.0 Å². The van der Waals surface area contributed by atoms with Gasteiger partial charge in [0.05, 0.1) is 29.7 Å². The molecule has 210 valence electrons. The summed E-state index contributed by atoms with van der Waals surface area (Å²) >= 11 is 0. The molecule has 0 saturated carbocycles. The van der Waals surface area contributed by atoms with Gasteiger partial charge in [0.1, 0.15) is 11.5 Å². The normalized spacial score (nSPS) is 19.3. The molecule has 9 nitrogen and oxygen atoms in total. The molecule has 5 rings (SSSR count). The van der Waals surface area contributed by atoms with Gasteiger partial charge in [-0.15, -0.1) is 0 Å². The second kappa shape index (κ2) is 12.1. The van der Waals surface area contributed by atoms with E-state index in [-0.39, 0.29) is 29.8 Å². The predicted molar refractivity (Wildman–Crippen MR) is 151 cm³/mol. The quantitative estimate of drug-likeness (QED) is 0.449. The van der Waals surface area contributed by atoms with E-state index in [2.05, 4.69) is 5.32 Å². The van der Waals surface area contributed by atoms with Gasteiger partial charge in [0.15, 0.2) is 6.10 Å². The Kier molecular flexibility index (Phi) is 8.37. The summed E-state index contributed by atoms with van der Waals surface area (Å²) in [5.41, 5.74) is 1.53. The maximum Gasteiger partial charge on any atom is 0.263 e. The zero-order chi connectivity index (χ0) is 28.1. The number of amides is 2. The van der Waals surface area contributed by atoms with Gasteiger partial charge in [-0.3, -0.25) is 9.59 Å². The van der Waals surface area contributed by atoms with E-state index in [1.807, 2.05) is 43.3 Å². The van der Waals surface area contributed by atoms with E-state index in [0.29, 0.717) is 49.7 Å². The van der Waals surface area contributed by atoms with Gasteiger partial charge in [-0.25, -0.2) is 8.42 Å². The van der Waals surface area contributed by atoms with Crippen molar-refractivity contribution in [2.45, 2.75) is 37.3 Å². The summed E-state index contributed by atoms with van der Waals surface area (Å²) in [6.45, 7) is 3.14. The Balaban J connectivity index is 1.31. The van der Waals surface area contributed by atoms with Crippen LogP contribution in [0.3, 0.4) is 0 Å². The van der Waals surface area contributed by atoms with Crippen LogP contribution in [0, 0.1) is 5.92 Å². The lowest BCUT2D eigenvalue weighted by molar-refractivity contribution is -0.129. The first-order valence-corrected chi connectivity index (χ1v) is 14.9. The number of piperidine rings is 1. The van der Waals surface area contributed by atoms with E-state index in [0.717, 1.165) is 5.56 Å². The minimum atomic E-state index is -3.79. The van der Waals surface area contributed by atoms with Gasteiger partial charge in [0.25, 0.3) is 5.91 Å². The van der Waals surface area contributed by atoms with Gasteiger partial charge in [-0.05, 0) is 61.7 Å². The zero-order valence-corrected chi connectivity index (χ0v) is 23.2. The summed E-state index contributed by atoms with van der Waals surface area (Å²) in [6, 6.07) is 23.0. The van der Waals surface area contributed by atoms with Crippen molar-refractivity contribution < 1.29 is 27.5 Å². The summed E-state index contributed by atoms with van der Waals surface area (Å²) in [7, 11) is -3.79. The first kappa shape index (κ1) is 27.7. The predicted octanol–water partition coefficient (Wildman–Crippen LogP) is 3.60. The topological polar surface area (TPSA) is 105 Å². The number of carbonyl (C=O) groups excluding carboxylic acids is 2. The molecule has 2 amide bonds. The van der Waals surface area contributed by atoms with E-state index >= 15 is 0 Å². The molecule has 0 radical (unpaired) electrons. The van der Waals surface area contributed by atoms with Gasteiger partial charge < -0.3 is 19.7 Å². The number of rotatable bonds is 8. The molecule has 2 heterocycles. The SMILES string of the molecule is CCOc1ccc(S(=O)(=O)N2CCC[C@@H](C(=O)N3C[C@@H](C(=O)NCc4ccccc4)Oc4ccccc43)C2)cc1. The second-order valence-electron chi connectivity index (χ2n) is 9.83. The Hall–Kier alpha value is -3.89. The van der Waals surface area contributed by atoms with Crippen LogP contribution in [0.1, 0.15) is 25.3 Å². The van der Waals surface area contributed by atoms with Gasteiger partial charge in [-0.1, -0.05) is 42.5 Å². The van der Waals surface area contributed by atoms with Crippen molar-refractivity contribution in [3.05, 3.63) is 84.4 Å². The number of hydrogen-bond acceptors (Lipinski definition) is 6. The molecule has 0 bridgehead atoms. The Labute approximate surface area is 234 Å². The van der Waals surface area contributed by atoms with Crippen LogP contribution in [-0.2, 0) is 26.2 Å². The van der Waals surface area contributed by atoms with E-state index in [4.69, 9.17) is 9.47 Å². The Morgan fingerprint density at radius 1 is 0.975 bits per heavy atom. The van der Waals surface area contributed by atoms with Crippen molar-refractivity contribution >= 4 is 27.5 Å². The van der Waals surface area contributed by atoms with E-state index in [1.54, 1.807) is 35.2 Å². The largest absolute Gasteiger partial charge is 0.494 e. The average molecular weight is 564 g/mol. The molecule has 1 N–H and O–H groups in total. The van der Waals surface area contributed by atoms with Gasteiger partial charge in [-0.2, -0.15) is 4.31 Å². The Morgan fingerprint density at radius 2 is 1.70 bits per heavy atom. The fraction of sp³-hybridized carbons (Fsp3) is 0.333. The van der Waals surface area contributed by atoms with Crippen LogP contribution in [0.5, 0.6) is 11.5 Å². The highest BCUT2D eigenvalue weighted by atomic mass is 32.2. The number of nitrogens with zero attached hydrogens (tertiary/aromatic N) is 2. The van der Waals surface area contributed by atoms with Crippen molar-refractivity contribution in [3.63, 3.8) is 0 Å². The van der Waals surface area contributed by atoms with Crippen molar-refractivity contribution in [1.29, 1.82) is 0 Å². The molecule has 1 fully saturated rings. The summed E-state index contributed by atoms with van der Waals surface area (Å²) < 4.78 is 39.6. The molecule has 2 aliphatic rings. The first-order valence-electron chi connectivity index (χ1n) is 13.5. The van der Waals surface area contributed by atoms with Crippen LogP contribution in [0.2, 0.25) is 0 Å². The smallest absolute Gasteiger partial charge is 0.263 e. The first-order chi connectivity index (χ1) is 19.4. The van der Waals surface area contributed by atoms with Crippen molar-refractivity contribution in [2.24, 2.45) is 5.92 Å². The molecule has 2 aliphatic heterocycles. The maximum atomic E-state index is 13.9. The standard InChI is InChI=1S/C30H33N3O6S/c1-2-38-24-14-16-25(17-15-24)40(36,37)32-18-8-11-23(20-32)30(35)33-21-28(39-27-13-7-6-12-26(27)33)29(34)31-19-22-9-4-3-5-10-22/h3-7,9-10,12-17,23,28H,2,8,11,18-21H2,1H3,(H,31,34)/t23-,28+/m1/s1. The van der Waals surface area contributed by atoms with Crippen molar-refractivity contribution in [3.8, 4) is 11.5 Å². The van der Waals surface area contributed by atoms with Crippen LogP contribution in [0.15, 0.2) is 83.8 Å². The van der Waals surface area contributed by atoms with Crippen LogP contribution in [0.4, 0.5) is 5.69 Å². The number of benzene rings is 3. The van der Waals surface area contributed by atoms with E-state index < -0.39 is 22.0 Å². The Morgan fingerprint density at radius 3 is 2.45 bits per heavy atom. The molecule has 1 saturated heterocycles. The molecule has 3 aromatic carbocycles. The highest BCUT2D eigenvalue weighted by molar-refractivity contribution is 7.89. The molecule has 0 unspecified atom stereocenters. The molecule has 40 heavy (non-hydrogen) atoms. The third kappa shape index (κ3) is 5.97. The van der Waals surface area contributed by atoms with Gasteiger partial charge >= 0.3 is 0 Å². The number of hydrogen-bond donors (Lipinski definition) is 1. The summed E-state index contributed by atoms with van der Waals surface area (Å²) in [6.07, 6.45) is 0.216. The second-order valence-corrected chi connectivity index (χ2v) is 11.8. The third-order valence-corrected chi connectivity index (χ3v) is 9.03. The zero-order valence-electron chi connectivity index (χ0n) is 22.4. The summed E-state index contributed by atoms with van der Waals surface area (Å²) in [5, 5.41) is 2.90. The van der Waals surface area contributed by atoms with Crippen LogP contribution in [0.25, 0.3) is 0 Å². The number of ether oxygens (including phenoxy) is 2. The number of nitrogens with one attached hydrogen (secondary N) is 1. The summed E-state index contributed by atoms with van der Waals surface area (Å²) in [5.74, 6) is -0.0498. The average Bonchev–Trinajstić information content (AvgIpc) is 3.00. The van der Waals surface area contributed by atoms with Crippen molar-refractivity contribution in [1.82, 2.24) is 9.62 Å². The molecule has 0 spiro atoms. The lowest BCUT2D eigenvalue weighted by atomic mass is 9.97. The number of sulfonamides is 1. The minimum Gasteiger partial charge on any atom is -0.494 e.